The van der Waals surface area contributed by atoms with Gasteiger partial charge in [0.1, 0.15) is 0 Å². The van der Waals surface area contributed by atoms with Gasteiger partial charge in [0.2, 0.25) is 0 Å². The van der Waals surface area contributed by atoms with Crippen molar-refractivity contribution in [1.29, 1.82) is 0 Å². The number of thioether (sulfide) groups is 1. The van der Waals surface area contributed by atoms with Crippen molar-refractivity contribution in [2.75, 3.05) is 6.26 Å². The molecule has 0 aliphatic heterocycles. The number of pyridine rings is 2. The van der Waals surface area contributed by atoms with Crippen LogP contribution in [-0.2, 0) is 5.41 Å². The number of aromatic nitrogens is 2. The van der Waals surface area contributed by atoms with Crippen LogP contribution >= 0.6 is 11.8 Å². The molecule has 142 valence electrons. The van der Waals surface area contributed by atoms with Crippen molar-refractivity contribution in [3.05, 3.63) is 72.3 Å². The maximum absolute atomic E-state index is 4.63. The van der Waals surface area contributed by atoms with Crippen molar-refractivity contribution < 1.29 is 0 Å². The second kappa shape index (κ2) is 7.21. The number of fused-ring (bicyclic) bond motifs is 2. The van der Waals surface area contributed by atoms with E-state index >= 15 is 0 Å². The van der Waals surface area contributed by atoms with E-state index < -0.39 is 0 Å². The van der Waals surface area contributed by atoms with Gasteiger partial charge in [-0.1, -0.05) is 45.0 Å². The second-order valence-electron chi connectivity index (χ2n) is 8.42. The van der Waals surface area contributed by atoms with Crippen LogP contribution in [0.5, 0.6) is 0 Å². The molecule has 2 aromatic carbocycles. The quantitative estimate of drug-likeness (QED) is 0.373. The van der Waals surface area contributed by atoms with Crippen molar-refractivity contribution in [2.24, 2.45) is 0 Å². The molecule has 0 saturated heterocycles. The summed E-state index contributed by atoms with van der Waals surface area (Å²) in [6, 6.07) is 15.6. The SMILES string of the molecule is CSC(C)c1cc2cc(-c3ccc4cncc(C(C)(C)C)c4c3)ccc2cn1. The highest BCUT2D eigenvalue weighted by atomic mass is 32.2. The first kappa shape index (κ1) is 18.9. The largest absolute Gasteiger partial charge is 0.264 e. The van der Waals surface area contributed by atoms with Gasteiger partial charge in [0.15, 0.2) is 0 Å². The third-order valence-corrected chi connectivity index (χ3v) is 6.36. The first-order valence-electron chi connectivity index (χ1n) is 9.68. The van der Waals surface area contributed by atoms with Crippen molar-refractivity contribution in [2.45, 2.75) is 38.4 Å². The topological polar surface area (TPSA) is 25.8 Å². The molecule has 0 aliphatic rings. The van der Waals surface area contributed by atoms with Gasteiger partial charge < -0.3 is 0 Å². The standard InChI is InChI=1S/C25H26N2S/c1-16(28-5)24-12-21-10-17(6-8-19(21)14-27-24)18-7-9-20-13-26-15-23(22(20)11-18)25(2,3)4/h6-16H,1-5H3. The van der Waals surface area contributed by atoms with Gasteiger partial charge >= 0.3 is 0 Å². The third-order valence-electron chi connectivity index (χ3n) is 5.42. The minimum Gasteiger partial charge on any atom is -0.264 e. The van der Waals surface area contributed by atoms with Crippen LogP contribution in [0, 0.1) is 0 Å². The number of hydrogen-bond donors (Lipinski definition) is 0. The van der Waals surface area contributed by atoms with Gasteiger partial charge in [0, 0.05) is 34.6 Å². The molecule has 0 aliphatic carbocycles. The predicted octanol–water partition coefficient (Wildman–Crippen LogP) is 7.17. The Hall–Kier alpha value is -2.39. The molecule has 3 heteroatoms. The van der Waals surface area contributed by atoms with Crippen molar-refractivity contribution >= 4 is 33.3 Å². The van der Waals surface area contributed by atoms with Crippen molar-refractivity contribution in [3.8, 4) is 11.1 Å². The first-order valence-corrected chi connectivity index (χ1v) is 11.0. The summed E-state index contributed by atoms with van der Waals surface area (Å²) in [5.74, 6) is 0. The van der Waals surface area contributed by atoms with Gasteiger partial charge in [-0.3, -0.25) is 9.97 Å². The molecule has 4 aromatic rings. The molecule has 28 heavy (non-hydrogen) atoms. The lowest BCUT2D eigenvalue weighted by Crippen LogP contribution is -2.12. The Kier molecular flexibility index (Phi) is 4.88. The summed E-state index contributed by atoms with van der Waals surface area (Å²) >= 11 is 1.82. The zero-order valence-corrected chi connectivity index (χ0v) is 18.0. The van der Waals surface area contributed by atoms with Crippen LogP contribution in [0.25, 0.3) is 32.7 Å². The molecule has 0 saturated carbocycles. The highest BCUT2D eigenvalue weighted by Crippen LogP contribution is 2.33. The van der Waals surface area contributed by atoms with E-state index in [1.54, 1.807) is 0 Å². The van der Waals surface area contributed by atoms with Gasteiger partial charge in [-0.25, -0.2) is 0 Å². The maximum atomic E-state index is 4.63. The molecule has 0 spiro atoms. The smallest absolute Gasteiger partial charge is 0.0537 e. The summed E-state index contributed by atoms with van der Waals surface area (Å²) in [4.78, 5) is 9.08. The summed E-state index contributed by atoms with van der Waals surface area (Å²) in [6.45, 7) is 8.93. The Bertz CT molecular complexity index is 1160. The van der Waals surface area contributed by atoms with E-state index in [-0.39, 0.29) is 5.41 Å². The van der Waals surface area contributed by atoms with E-state index in [1.807, 2.05) is 30.4 Å². The van der Waals surface area contributed by atoms with Crippen LogP contribution in [0.3, 0.4) is 0 Å². The van der Waals surface area contributed by atoms with Crippen LogP contribution in [0.4, 0.5) is 0 Å². The number of rotatable bonds is 3. The molecule has 2 aromatic heterocycles. The summed E-state index contributed by atoms with van der Waals surface area (Å²) in [5.41, 5.74) is 4.95. The molecule has 0 radical (unpaired) electrons. The predicted molar refractivity (Wildman–Crippen MR) is 123 cm³/mol. The van der Waals surface area contributed by atoms with Crippen LogP contribution in [0.2, 0.25) is 0 Å². The Morgan fingerprint density at radius 2 is 1.54 bits per heavy atom. The zero-order chi connectivity index (χ0) is 19.9. The van der Waals surface area contributed by atoms with Crippen molar-refractivity contribution in [3.63, 3.8) is 0 Å². The minimum atomic E-state index is 0.0586. The van der Waals surface area contributed by atoms with Gasteiger partial charge in [-0.2, -0.15) is 11.8 Å². The molecule has 0 fully saturated rings. The Morgan fingerprint density at radius 1 is 0.821 bits per heavy atom. The van der Waals surface area contributed by atoms with E-state index in [4.69, 9.17) is 0 Å². The lowest BCUT2D eigenvalue weighted by atomic mass is 9.84. The number of nitrogens with zero attached hydrogens (tertiary/aromatic N) is 2. The summed E-state index contributed by atoms with van der Waals surface area (Å²) in [7, 11) is 0. The molecular formula is C25H26N2S. The second-order valence-corrected chi connectivity index (χ2v) is 9.60. The minimum absolute atomic E-state index is 0.0586. The number of hydrogen-bond acceptors (Lipinski definition) is 3. The van der Waals surface area contributed by atoms with Gasteiger partial charge in [0.25, 0.3) is 0 Å². The van der Waals surface area contributed by atoms with Crippen LogP contribution in [0.1, 0.15) is 44.2 Å². The van der Waals surface area contributed by atoms with Gasteiger partial charge in [-0.15, -0.1) is 0 Å². The summed E-state index contributed by atoms with van der Waals surface area (Å²) in [6.07, 6.45) is 8.08. The fourth-order valence-electron chi connectivity index (χ4n) is 3.62. The van der Waals surface area contributed by atoms with E-state index in [9.17, 15) is 0 Å². The Balaban J connectivity index is 1.86. The fraction of sp³-hybridized carbons (Fsp3) is 0.280. The Labute approximate surface area is 171 Å². The maximum Gasteiger partial charge on any atom is 0.0537 e. The Morgan fingerprint density at radius 3 is 2.25 bits per heavy atom. The molecule has 2 heterocycles. The molecule has 0 N–H and O–H groups in total. The molecule has 0 bridgehead atoms. The van der Waals surface area contributed by atoms with E-state index in [2.05, 4.69) is 86.4 Å². The van der Waals surface area contributed by atoms with Crippen LogP contribution < -0.4 is 0 Å². The first-order chi connectivity index (χ1) is 13.4. The summed E-state index contributed by atoms with van der Waals surface area (Å²) < 4.78 is 0. The van der Waals surface area contributed by atoms with Gasteiger partial charge in [-0.05, 0) is 64.3 Å². The van der Waals surface area contributed by atoms with Crippen LogP contribution in [0.15, 0.2) is 61.1 Å². The average molecular weight is 387 g/mol. The zero-order valence-electron chi connectivity index (χ0n) is 17.2. The third kappa shape index (κ3) is 3.51. The van der Waals surface area contributed by atoms with Crippen LogP contribution in [-0.4, -0.2) is 16.2 Å². The fourth-order valence-corrected chi connectivity index (χ4v) is 3.99. The average Bonchev–Trinajstić information content (AvgIpc) is 2.70. The monoisotopic (exact) mass is 386 g/mol. The molecule has 1 unspecified atom stereocenters. The molecular weight excluding hydrogens is 360 g/mol. The van der Waals surface area contributed by atoms with E-state index in [0.717, 1.165) is 5.69 Å². The van der Waals surface area contributed by atoms with Gasteiger partial charge in [0.05, 0.1) is 5.69 Å². The van der Waals surface area contributed by atoms with Crippen molar-refractivity contribution in [1.82, 2.24) is 9.97 Å². The lowest BCUT2D eigenvalue weighted by Gasteiger charge is -2.21. The lowest BCUT2D eigenvalue weighted by molar-refractivity contribution is 0.593. The molecule has 4 rings (SSSR count). The highest BCUT2D eigenvalue weighted by molar-refractivity contribution is 7.98. The number of benzene rings is 2. The molecule has 2 nitrogen and oxygen atoms in total. The normalized spacial score (nSPS) is 13.2. The highest BCUT2D eigenvalue weighted by Gasteiger charge is 2.17. The molecule has 0 amide bonds. The van der Waals surface area contributed by atoms with E-state index in [0.29, 0.717) is 5.25 Å². The van der Waals surface area contributed by atoms with E-state index in [1.165, 1.54) is 38.2 Å². The molecule has 1 atom stereocenters. The summed E-state index contributed by atoms with van der Waals surface area (Å²) in [5, 5.41) is 5.30.